The Hall–Kier alpha value is -0.860. The number of esters is 2. The first kappa shape index (κ1) is 13.1. The van der Waals surface area contributed by atoms with Crippen molar-refractivity contribution in [1.82, 2.24) is 0 Å². The molecule has 1 heterocycles. The van der Waals surface area contributed by atoms with Crippen molar-refractivity contribution >= 4 is 11.9 Å². The maximum absolute atomic E-state index is 11.5. The van der Waals surface area contributed by atoms with Crippen LogP contribution in [0.5, 0.6) is 0 Å². The standard InChI is InChI=1S/C16H24O3/c17-14-10-16(11-15(18)19-14)8-6-13(7-9-16)12-4-2-1-3-5-12/h12-13H,1-11H2. The summed E-state index contributed by atoms with van der Waals surface area (Å²) in [5.41, 5.74) is -0.0441. The van der Waals surface area contributed by atoms with Gasteiger partial charge in [0.2, 0.25) is 0 Å². The van der Waals surface area contributed by atoms with Gasteiger partial charge in [0.1, 0.15) is 0 Å². The van der Waals surface area contributed by atoms with E-state index in [0.29, 0.717) is 12.8 Å². The van der Waals surface area contributed by atoms with E-state index >= 15 is 0 Å². The smallest absolute Gasteiger partial charge is 0.314 e. The molecule has 2 saturated carbocycles. The van der Waals surface area contributed by atoms with E-state index in [4.69, 9.17) is 0 Å². The van der Waals surface area contributed by atoms with Crippen molar-refractivity contribution in [3.8, 4) is 0 Å². The third kappa shape index (κ3) is 2.85. The lowest BCUT2D eigenvalue weighted by atomic mass is 9.62. The molecule has 1 saturated heterocycles. The van der Waals surface area contributed by atoms with Crippen LogP contribution in [0.2, 0.25) is 0 Å². The van der Waals surface area contributed by atoms with Gasteiger partial charge in [-0.2, -0.15) is 0 Å². The molecule has 3 heteroatoms. The van der Waals surface area contributed by atoms with E-state index in [1.54, 1.807) is 0 Å². The third-order valence-electron chi connectivity index (χ3n) is 5.67. The molecule has 0 aromatic rings. The van der Waals surface area contributed by atoms with Gasteiger partial charge in [-0.05, 0) is 42.9 Å². The highest BCUT2D eigenvalue weighted by molar-refractivity contribution is 5.89. The number of carbonyl (C=O) groups excluding carboxylic acids is 2. The van der Waals surface area contributed by atoms with Crippen molar-refractivity contribution in [2.45, 2.75) is 70.6 Å². The Labute approximate surface area is 115 Å². The molecular formula is C16H24O3. The Balaban J connectivity index is 1.59. The van der Waals surface area contributed by atoms with Gasteiger partial charge in [0.15, 0.2) is 0 Å². The quantitative estimate of drug-likeness (QED) is 0.537. The zero-order valence-electron chi connectivity index (χ0n) is 11.7. The number of rotatable bonds is 1. The van der Waals surface area contributed by atoms with Crippen LogP contribution in [0.15, 0.2) is 0 Å². The normalized spacial score (nSPS) is 29.5. The summed E-state index contributed by atoms with van der Waals surface area (Å²) in [6, 6.07) is 0. The molecule has 0 N–H and O–H groups in total. The second-order valence-electron chi connectivity index (χ2n) is 6.94. The molecule has 3 rings (SSSR count). The molecule has 0 radical (unpaired) electrons. The van der Waals surface area contributed by atoms with Crippen LogP contribution in [-0.2, 0) is 14.3 Å². The molecule has 0 bridgehead atoms. The lowest BCUT2D eigenvalue weighted by molar-refractivity contribution is -0.171. The zero-order valence-corrected chi connectivity index (χ0v) is 11.7. The summed E-state index contributed by atoms with van der Waals surface area (Å²) in [5, 5.41) is 0. The predicted molar refractivity (Wildman–Crippen MR) is 71.3 cm³/mol. The van der Waals surface area contributed by atoms with Crippen molar-refractivity contribution in [2.75, 3.05) is 0 Å². The van der Waals surface area contributed by atoms with Crippen molar-refractivity contribution in [3.05, 3.63) is 0 Å². The fourth-order valence-electron chi connectivity index (χ4n) is 4.56. The van der Waals surface area contributed by atoms with Gasteiger partial charge in [-0.3, -0.25) is 9.59 Å². The minimum Gasteiger partial charge on any atom is -0.393 e. The Morgan fingerprint density at radius 3 is 1.89 bits per heavy atom. The molecule has 3 fully saturated rings. The maximum atomic E-state index is 11.5. The Morgan fingerprint density at radius 2 is 1.32 bits per heavy atom. The van der Waals surface area contributed by atoms with Crippen LogP contribution in [0.3, 0.4) is 0 Å². The largest absolute Gasteiger partial charge is 0.393 e. The highest BCUT2D eigenvalue weighted by atomic mass is 16.6. The topological polar surface area (TPSA) is 43.4 Å². The van der Waals surface area contributed by atoms with Crippen molar-refractivity contribution < 1.29 is 14.3 Å². The monoisotopic (exact) mass is 264 g/mol. The highest BCUT2D eigenvalue weighted by Crippen LogP contribution is 2.49. The molecule has 3 nitrogen and oxygen atoms in total. The average Bonchev–Trinajstić information content (AvgIpc) is 2.39. The molecule has 19 heavy (non-hydrogen) atoms. The summed E-state index contributed by atoms with van der Waals surface area (Å²) in [6.45, 7) is 0. The molecule has 2 aliphatic carbocycles. The fraction of sp³-hybridized carbons (Fsp3) is 0.875. The maximum Gasteiger partial charge on any atom is 0.314 e. The van der Waals surface area contributed by atoms with Gasteiger partial charge >= 0.3 is 11.9 Å². The Bertz CT molecular complexity index is 342. The van der Waals surface area contributed by atoms with Crippen LogP contribution >= 0.6 is 0 Å². The molecule has 3 aliphatic rings. The summed E-state index contributed by atoms with van der Waals surface area (Å²) in [7, 11) is 0. The molecule has 0 aromatic heterocycles. The van der Waals surface area contributed by atoms with Crippen LogP contribution < -0.4 is 0 Å². The molecule has 106 valence electrons. The summed E-state index contributed by atoms with van der Waals surface area (Å²) in [4.78, 5) is 23.0. The van der Waals surface area contributed by atoms with Crippen molar-refractivity contribution in [2.24, 2.45) is 17.3 Å². The van der Waals surface area contributed by atoms with E-state index in [9.17, 15) is 9.59 Å². The lowest BCUT2D eigenvalue weighted by Gasteiger charge is -2.43. The number of hydrogen-bond acceptors (Lipinski definition) is 3. The van der Waals surface area contributed by atoms with E-state index in [0.717, 1.165) is 24.7 Å². The first-order valence-electron chi connectivity index (χ1n) is 7.90. The van der Waals surface area contributed by atoms with E-state index < -0.39 is 0 Å². The molecule has 1 aliphatic heterocycles. The van der Waals surface area contributed by atoms with Crippen LogP contribution in [-0.4, -0.2) is 11.9 Å². The van der Waals surface area contributed by atoms with E-state index in [1.807, 2.05) is 0 Å². The summed E-state index contributed by atoms with van der Waals surface area (Å²) in [6.07, 6.45) is 12.5. The first-order valence-corrected chi connectivity index (χ1v) is 7.90. The third-order valence-corrected chi connectivity index (χ3v) is 5.67. The van der Waals surface area contributed by atoms with E-state index in [-0.39, 0.29) is 17.4 Å². The van der Waals surface area contributed by atoms with Crippen molar-refractivity contribution in [3.63, 3.8) is 0 Å². The van der Waals surface area contributed by atoms with Gasteiger partial charge < -0.3 is 4.74 Å². The Morgan fingerprint density at radius 1 is 0.789 bits per heavy atom. The second kappa shape index (κ2) is 5.26. The van der Waals surface area contributed by atoms with Crippen LogP contribution in [0.1, 0.15) is 70.6 Å². The zero-order chi connectivity index (χ0) is 13.3. The summed E-state index contributed by atoms with van der Waals surface area (Å²) in [5.74, 6) is 1.16. The lowest BCUT2D eigenvalue weighted by Crippen LogP contribution is -2.39. The highest BCUT2D eigenvalue weighted by Gasteiger charge is 2.44. The predicted octanol–water partition coefficient (Wildman–Crippen LogP) is 3.61. The number of cyclic esters (lactones) is 2. The summed E-state index contributed by atoms with van der Waals surface area (Å²) < 4.78 is 4.68. The average molecular weight is 264 g/mol. The Kier molecular flexibility index (Phi) is 3.64. The van der Waals surface area contributed by atoms with Gasteiger partial charge in [-0.15, -0.1) is 0 Å². The number of hydrogen-bond donors (Lipinski definition) is 0. The number of carbonyl (C=O) groups is 2. The molecule has 0 amide bonds. The molecule has 0 atom stereocenters. The summed E-state index contributed by atoms with van der Waals surface area (Å²) >= 11 is 0. The van der Waals surface area contributed by atoms with Gasteiger partial charge in [-0.25, -0.2) is 0 Å². The first-order chi connectivity index (χ1) is 9.17. The minimum atomic E-state index is -0.299. The van der Waals surface area contributed by atoms with E-state index in [1.165, 1.54) is 44.9 Å². The molecule has 0 aromatic carbocycles. The van der Waals surface area contributed by atoms with Crippen LogP contribution in [0.25, 0.3) is 0 Å². The minimum absolute atomic E-state index is 0.0441. The van der Waals surface area contributed by atoms with E-state index in [2.05, 4.69) is 4.74 Å². The second-order valence-corrected chi connectivity index (χ2v) is 6.94. The van der Waals surface area contributed by atoms with Gasteiger partial charge in [0.05, 0.1) is 12.8 Å². The van der Waals surface area contributed by atoms with Crippen LogP contribution in [0.4, 0.5) is 0 Å². The fourth-order valence-corrected chi connectivity index (χ4v) is 4.56. The van der Waals surface area contributed by atoms with Gasteiger partial charge in [0.25, 0.3) is 0 Å². The van der Waals surface area contributed by atoms with Gasteiger partial charge in [-0.1, -0.05) is 32.1 Å². The van der Waals surface area contributed by atoms with Crippen LogP contribution in [0, 0.1) is 17.3 Å². The van der Waals surface area contributed by atoms with Crippen molar-refractivity contribution in [1.29, 1.82) is 0 Å². The number of ether oxygens (including phenoxy) is 1. The SMILES string of the molecule is O=C1CC2(CCC(C3CCCCC3)CC2)CC(=O)O1. The molecular weight excluding hydrogens is 240 g/mol. The molecule has 0 unspecified atom stereocenters. The molecule has 1 spiro atoms. The van der Waals surface area contributed by atoms with Gasteiger partial charge in [0, 0.05) is 0 Å².